The number of nitrogens with zero attached hydrogens (tertiary/aromatic N) is 4. The first-order valence-corrected chi connectivity index (χ1v) is 16.5. The van der Waals surface area contributed by atoms with Crippen LogP contribution in [0.25, 0.3) is 44.6 Å². The van der Waals surface area contributed by atoms with Crippen LogP contribution in [0.3, 0.4) is 0 Å². The summed E-state index contributed by atoms with van der Waals surface area (Å²) < 4.78 is 61.4. The summed E-state index contributed by atoms with van der Waals surface area (Å²) in [5.41, 5.74) is 1.34. The third kappa shape index (κ3) is 5.69. The minimum absolute atomic E-state index is 0.0718. The number of carbonyl (C=O) groups is 1. The molecule has 0 aliphatic rings. The Morgan fingerprint density at radius 3 is 2.27 bits per heavy atom. The average molecular weight is 674 g/mol. The molecule has 0 spiro atoms. The molecule has 1 amide bonds. The maximum Gasteiger partial charge on any atom is 0.280 e. The molecule has 0 aliphatic carbocycles. The molecule has 0 radical (unpaired) electrons. The van der Waals surface area contributed by atoms with Gasteiger partial charge in [0.05, 0.1) is 41.4 Å². The number of carbonyl (C=O) groups excluding carboxylic acids is 1. The number of nitrogens with one attached hydrogen (secondary N) is 1. The van der Waals surface area contributed by atoms with E-state index in [2.05, 4.69) is 15.3 Å². The number of rotatable bonds is 8. The van der Waals surface area contributed by atoms with Gasteiger partial charge in [0, 0.05) is 36.7 Å². The summed E-state index contributed by atoms with van der Waals surface area (Å²) in [6.45, 7) is 1.12. The van der Waals surface area contributed by atoms with Crippen LogP contribution >= 0.6 is 0 Å². The van der Waals surface area contributed by atoms with Crippen molar-refractivity contribution in [1.29, 1.82) is 0 Å². The van der Waals surface area contributed by atoms with Gasteiger partial charge in [0.1, 0.15) is 28.8 Å². The number of aromatic nitrogens is 3. The lowest BCUT2D eigenvalue weighted by molar-refractivity contribution is 0.0964. The van der Waals surface area contributed by atoms with Gasteiger partial charge in [0.15, 0.2) is 5.52 Å². The molecule has 3 aromatic carbocycles. The summed E-state index contributed by atoms with van der Waals surface area (Å²) >= 11 is 0. The molecule has 0 bridgehead atoms. The zero-order valence-electron chi connectivity index (χ0n) is 26.2. The van der Waals surface area contributed by atoms with E-state index in [0.29, 0.717) is 16.5 Å². The van der Waals surface area contributed by atoms with Crippen LogP contribution in [0.5, 0.6) is 0 Å². The van der Waals surface area contributed by atoms with Gasteiger partial charge < -0.3 is 14.8 Å². The summed E-state index contributed by atoms with van der Waals surface area (Å²) in [5.74, 6) is -1.04. The maximum absolute atomic E-state index is 14.0. The predicted molar refractivity (Wildman–Crippen MR) is 177 cm³/mol. The molecule has 246 valence electrons. The molecule has 0 unspecified atom stereocenters. The number of sulfonamides is 1. The standard InChI is InChI=1S/C34H29F2N5O6S/c1-18-38-26-14-13-25(39-31(26)34(44)41(18)28(17-42)19-5-9-21(35)10-6-19)23-15-24-29(16-27(23)40(3)48(4,45)46)47-32(30(24)33(43)37-2)20-7-11-22(36)12-8-20/h5-16,28,42H,17H2,1-4H3,(H,37,43)/t28-/m1/s1. The molecule has 11 nitrogen and oxygen atoms in total. The van der Waals surface area contributed by atoms with Gasteiger partial charge >= 0.3 is 0 Å². The van der Waals surface area contributed by atoms with E-state index in [-0.39, 0.29) is 50.7 Å². The number of aliphatic hydroxyl groups excluding tert-OH is 1. The molecule has 14 heteroatoms. The largest absolute Gasteiger partial charge is 0.455 e. The topological polar surface area (TPSA) is 148 Å². The smallest absolute Gasteiger partial charge is 0.280 e. The third-order valence-electron chi connectivity index (χ3n) is 8.15. The maximum atomic E-state index is 14.0. The van der Waals surface area contributed by atoms with Crippen LogP contribution in [0, 0.1) is 18.6 Å². The molecule has 0 fully saturated rings. The van der Waals surface area contributed by atoms with E-state index in [0.717, 1.165) is 10.6 Å². The van der Waals surface area contributed by atoms with Crippen LogP contribution in [-0.2, 0) is 10.0 Å². The molecule has 3 aromatic heterocycles. The first-order chi connectivity index (χ1) is 22.8. The van der Waals surface area contributed by atoms with Gasteiger partial charge in [-0.25, -0.2) is 27.2 Å². The fraction of sp³-hybridized carbons (Fsp3) is 0.176. The van der Waals surface area contributed by atoms with Gasteiger partial charge in [-0.1, -0.05) is 12.1 Å². The number of furan rings is 1. The highest BCUT2D eigenvalue weighted by molar-refractivity contribution is 7.92. The Morgan fingerprint density at radius 2 is 1.67 bits per heavy atom. The van der Waals surface area contributed by atoms with E-state index in [1.54, 1.807) is 25.1 Å². The highest BCUT2D eigenvalue weighted by atomic mass is 32.2. The molecule has 6 aromatic rings. The van der Waals surface area contributed by atoms with Crippen LogP contribution in [0.15, 0.2) is 82.0 Å². The second kappa shape index (κ2) is 12.3. The number of fused-ring (bicyclic) bond motifs is 2. The highest BCUT2D eigenvalue weighted by Crippen LogP contribution is 2.41. The number of hydrogen-bond acceptors (Lipinski definition) is 8. The number of halogens is 2. The number of aryl methyl sites for hydroxylation is 1. The molecule has 2 N–H and O–H groups in total. The van der Waals surface area contributed by atoms with Crippen molar-refractivity contribution in [3.05, 3.63) is 112 Å². The lowest BCUT2D eigenvalue weighted by Gasteiger charge is -2.21. The third-order valence-corrected chi connectivity index (χ3v) is 9.34. The number of benzene rings is 3. The van der Waals surface area contributed by atoms with Gasteiger partial charge in [0.25, 0.3) is 11.5 Å². The van der Waals surface area contributed by atoms with Crippen molar-refractivity contribution in [2.45, 2.75) is 13.0 Å². The Bertz CT molecular complexity index is 2390. The fourth-order valence-electron chi connectivity index (χ4n) is 5.66. The van der Waals surface area contributed by atoms with Crippen molar-refractivity contribution in [3.8, 4) is 22.6 Å². The quantitative estimate of drug-likeness (QED) is 0.234. The van der Waals surface area contributed by atoms with Crippen molar-refractivity contribution < 1.29 is 31.5 Å². The first kappa shape index (κ1) is 32.5. The molecule has 0 aliphatic heterocycles. The van der Waals surface area contributed by atoms with Crippen molar-refractivity contribution in [2.24, 2.45) is 0 Å². The number of aliphatic hydroxyl groups is 1. The second-order valence-electron chi connectivity index (χ2n) is 11.1. The molecule has 6 rings (SSSR count). The molecular formula is C34H29F2N5O6S. The van der Waals surface area contributed by atoms with Gasteiger partial charge in [-0.3, -0.25) is 18.5 Å². The molecule has 1 atom stereocenters. The Morgan fingerprint density at radius 1 is 1.02 bits per heavy atom. The molecule has 0 saturated carbocycles. The van der Waals surface area contributed by atoms with E-state index >= 15 is 0 Å². The van der Waals surface area contributed by atoms with E-state index in [9.17, 15) is 31.9 Å². The highest BCUT2D eigenvalue weighted by Gasteiger charge is 2.27. The number of hydrogen-bond donors (Lipinski definition) is 2. The summed E-state index contributed by atoms with van der Waals surface area (Å²) in [6, 6.07) is 16.0. The van der Waals surface area contributed by atoms with Crippen molar-refractivity contribution in [3.63, 3.8) is 0 Å². The monoisotopic (exact) mass is 673 g/mol. The van der Waals surface area contributed by atoms with Gasteiger partial charge in [-0.2, -0.15) is 0 Å². The molecule has 0 saturated heterocycles. The van der Waals surface area contributed by atoms with Crippen LogP contribution in [0.2, 0.25) is 0 Å². The van der Waals surface area contributed by atoms with E-state index in [1.165, 1.54) is 73.3 Å². The van der Waals surface area contributed by atoms with Crippen LogP contribution in [-0.4, -0.2) is 60.9 Å². The predicted octanol–water partition coefficient (Wildman–Crippen LogP) is 4.80. The second-order valence-corrected chi connectivity index (χ2v) is 13.2. The average Bonchev–Trinajstić information content (AvgIpc) is 3.44. The summed E-state index contributed by atoms with van der Waals surface area (Å²) in [4.78, 5) is 36.4. The first-order valence-electron chi connectivity index (χ1n) is 14.6. The van der Waals surface area contributed by atoms with E-state index in [1.807, 2.05) is 0 Å². The number of pyridine rings is 1. The number of amides is 1. The van der Waals surface area contributed by atoms with Crippen LogP contribution in [0.4, 0.5) is 14.5 Å². The van der Waals surface area contributed by atoms with Crippen molar-refractivity contribution in [2.75, 3.05) is 31.3 Å². The summed E-state index contributed by atoms with van der Waals surface area (Å²) in [6.07, 6.45) is 1.02. The molecule has 3 heterocycles. The zero-order valence-corrected chi connectivity index (χ0v) is 27.0. The molecule has 48 heavy (non-hydrogen) atoms. The molecular weight excluding hydrogens is 644 g/mol. The SMILES string of the molecule is CNC(=O)c1c(-c2ccc(F)cc2)oc2cc(N(C)S(C)(=O)=O)c(-c3ccc4nc(C)n([C@H](CO)c5ccc(F)cc5)c(=O)c4n3)cc12. The summed E-state index contributed by atoms with van der Waals surface area (Å²) in [7, 11) is -1.05. The fourth-order valence-corrected chi connectivity index (χ4v) is 6.17. The van der Waals surface area contributed by atoms with Crippen molar-refractivity contribution in [1.82, 2.24) is 19.9 Å². The van der Waals surface area contributed by atoms with E-state index in [4.69, 9.17) is 4.42 Å². The van der Waals surface area contributed by atoms with Crippen LogP contribution < -0.4 is 15.2 Å². The lowest BCUT2D eigenvalue weighted by Crippen LogP contribution is -2.31. The Kier molecular flexibility index (Phi) is 8.31. The minimum atomic E-state index is -3.84. The van der Waals surface area contributed by atoms with Gasteiger partial charge in [0.2, 0.25) is 10.0 Å². The normalized spacial score (nSPS) is 12.4. The minimum Gasteiger partial charge on any atom is -0.455 e. The lowest BCUT2D eigenvalue weighted by atomic mass is 10.0. The van der Waals surface area contributed by atoms with Crippen molar-refractivity contribution >= 4 is 43.6 Å². The zero-order chi connectivity index (χ0) is 34.5. The Balaban J connectivity index is 1.62. The van der Waals surface area contributed by atoms with Gasteiger partial charge in [-0.15, -0.1) is 0 Å². The van der Waals surface area contributed by atoms with Crippen LogP contribution in [0.1, 0.15) is 27.8 Å². The summed E-state index contributed by atoms with van der Waals surface area (Å²) in [5, 5.41) is 13.2. The Hall–Kier alpha value is -5.47. The Labute approximate surface area is 273 Å². The number of anilines is 1. The van der Waals surface area contributed by atoms with E-state index < -0.39 is 45.8 Å². The van der Waals surface area contributed by atoms with Gasteiger partial charge in [-0.05, 0) is 67.1 Å².